The SMILES string of the molecule is C=C(C)C(CCC(C)=O)N1C(=O)c2ccc(OCCCCCN3CCC(OC4CN(c5ncc(Br)cc5C#N)C4)CC3)cc2C1=O. The standard InChI is InChI=1S/C35H42BrN5O5/c1-23(2)32(10-7-24(3)42)41-34(43)30-9-8-28(18-31(30)35(41)44)45-16-6-4-5-13-39-14-11-27(12-15-39)46-29-21-40(22-29)33-25(19-37)17-26(36)20-38-33/h8-9,17-18,20,27,29,32H,1,4-7,10-16,21-22H2,2-3H3. The molecule has 11 heteroatoms. The first-order valence-corrected chi connectivity index (χ1v) is 16.9. The number of hydrogen-bond donors (Lipinski definition) is 0. The van der Waals surface area contributed by atoms with Crippen LogP contribution in [-0.4, -0.2) is 90.0 Å². The van der Waals surface area contributed by atoms with Crippen molar-refractivity contribution >= 4 is 39.3 Å². The Bertz CT molecular complexity index is 1510. The van der Waals surface area contributed by atoms with E-state index in [1.807, 2.05) is 0 Å². The third-order valence-electron chi connectivity index (χ3n) is 8.95. The number of likely N-dealkylation sites (tertiary alicyclic amines) is 1. The molecule has 1 unspecified atom stereocenters. The van der Waals surface area contributed by atoms with Crippen molar-refractivity contribution in [1.29, 1.82) is 5.26 Å². The van der Waals surface area contributed by atoms with Crippen molar-refractivity contribution < 1.29 is 23.9 Å². The quantitative estimate of drug-likeness (QED) is 0.135. The maximum atomic E-state index is 13.2. The number of rotatable bonds is 15. The number of imide groups is 1. The van der Waals surface area contributed by atoms with Gasteiger partial charge in [-0.25, -0.2) is 4.98 Å². The number of nitriles is 1. The Morgan fingerprint density at radius 2 is 1.83 bits per heavy atom. The largest absolute Gasteiger partial charge is 0.494 e. The molecule has 3 aliphatic rings. The van der Waals surface area contributed by atoms with Crippen LogP contribution in [0.5, 0.6) is 5.75 Å². The third-order valence-corrected chi connectivity index (χ3v) is 9.38. The average molecular weight is 693 g/mol. The van der Waals surface area contributed by atoms with E-state index in [0.29, 0.717) is 41.0 Å². The molecule has 3 aliphatic heterocycles. The Hall–Kier alpha value is -3.59. The van der Waals surface area contributed by atoms with Gasteiger partial charge >= 0.3 is 0 Å². The molecular weight excluding hydrogens is 650 g/mol. The van der Waals surface area contributed by atoms with Crippen LogP contribution in [0, 0.1) is 11.3 Å². The normalized spacial score (nSPS) is 17.9. The molecule has 0 aliphatic carbocycles. The van der Waals surface area contributed by atoms with Gasteiger partial charge in [-0.15, -0.1) is 0 Å². The van der Waals surface area contributed by atoms with Gasteiger partial charge in [0.15, 0.2) is 0 Å². The summed E-state index contributed by atoms with van der Waals surface area (Å²) in [6, 6.07) is 8.58. The Labute approximate surface area is 279 Å². The molecule has 2 amide bonds. The number of piperidine rings is 1. The maximum absolute atomic E-state index is 13.2. The van der Waals surface area contributed by atoms with E-state index in [-0.39, 0.29) is 36.2 Å². The number of benzene rings is 1. The number of anilines is 1. The highest BCUT2D eigenvalue weighted by Crippen LogP contribution is 2.32. The number of pyridine rings is 1. The molecule has 1 atom stereocenters. The maximum Gasteiger partial charge on any atom is 0.262 e. The summed E-state index contributed by atoms with van der Waals surface area (Å²) in [4.78, 5) is 48.0. The summed E-state index contributed by atoms with van der Waals surface area (Å²) in [7, 11) is 0. The number of amides is 2. The Morgan fingerprint density at radius 1 is 1.09 bits per heavy atom. The summed E-state index contributed by atoms with van der Waals surface area (Å²) in [5, 5.41) is 9.41. The molecule has 10 nitrogen and oxygen atoms in total. The van der Waals surface area contributed by atoms with E-state index in [2.05, 4.69) is 43.4 Å². The second kappa shape index (κ2) is 15.3. The van der Waals surface area contributed by atoms with Crippen molar-refractivity contribution in [3.05, 3.63) is 63.8 Å². The van der Waals surface area contributed by atoms with Crippen LogP contribution in [0.2, 0.25) is 0 Å². The number of unbranched alkanes of at least 4 members (excludes halogenated alkanes) is 2. The number of halogens is 1. The third kappa shape index (κ3) is 8.03. The zero-order valence-corrected chi connectivity index (χ0v) is 28.3. The molecule has 244 valence electrons. The van der Waals surface area contributed by atoms with Crippen molar-refractivity contribution in [3.63, 3.8) is 0 Å². The molecular formula is C35H42BrN5O5. The summed E-state index contributed by atoms with van der Waals surface area (Å²) in [5.41, 5.74) is 1.96. The fraction of sp³-hybridized carbons (Fsp3) is 0.514. The van der Waals surface area contributed by atoms with Gasteiger partial charge in [0, 0.05) is 43.3 Å². The zero-order chi connectivity index (χ0) is 32.8. The number of Topliss-reactive ketones (excluding diaryl/α,β-unsaturated/α-hetero) is 1. The minimum Gasteiger partial charge on any atom is -0.494 e. The van der Waals surface area contributed by atoms with Crippen molar-refractivity contribution in [2.24, 2.45) is 0 Å². The van der Waals surface area contributed by atoms with E-state index < -0.39 is 6.04 Å². The minimum atomic E-state index is -0.506. The van der Waals surface area contributed by atoms with Gasteiger partial charge in [-0.05, 0) is 99.1 Å². The fourth-order valence-corrected chi connectivity index (χ4v) is 6.69. The van der Waals surface area contributed by atoms with Gasteiger partial charge in [0.05, 0.1) is 41.5 Å². The highest BCUT2D eigenvalue weighted by molar-refractivity contribution is 9.10. The number of fused-ring (bicyclic) bond motifs is 1. The van der Waals surface area contributed by atoms with E-state index in [1.165, 1.54) is 11.8 Å². The van der Waals surface area contributed by atoms with Gasteiger partial charge in [-0.2, -0.15) is 5.26 Å². The summed E-state index contributed by atoms with van der Waals surface area (Å²) in [6.45, 7) is 12.4. The van der Waals surface area contributed by atoms with Crippen LogP contribution in [0.25, 0.3) is 0 Å². The number of carbonyl (C=O) groups is 3. The first-order chi connectivity index (χ1) is 22.1. The molecule has 0 spiro atoms. The van der Waals surface area contributed by atoms with Gasteiger partial charge in [-0.1, -0.05) is 12.2 Å². The number of carbonyl (C=O) groups excluding carboxylic acids is 3. The molecule has 2 aromatic rings. The monoisotopic (exact) mass is 691 g/mol. The average Bonchev–Trinajstić information content (AvgIpc) is 3.26. The predicted octanol–water partition coefficient (Wildman–Crippen LogP) is 5.54. The Kier molecular flexibility index (Phi) is 11.3. The molecule has 0 radical (unpaired) electrons. The molecule has 46 heavy (non-hydrogen) atoms. The van der Waals surface area contributed by atoms with Crippen LogP contribution in [0.15, 0.2) is 47.1 Å². The van der Waals surface area contributed by atoms with Crippen molar-refractivity contribution in [2.45, 2.75) is 77.0 Å². The van der Waals surface area contributed by atoms with Crippen LogP contribution < -0.4 is 9.64 Å². The summed E-state index contributed by atoms with van der Waals surface area (Å²) < 4.78 is 13.1. The van der Waals surface area contributed by atoms with Crippen LogP contribution in [0.4, 0.5) is 5.82 Å². The molecule has 0 saturated carbocycles. The van der Waals surface area contributed by atoms with Crippen LogP contribution in [-0.2, 0) is 9.53 Å². The number of hydrogen-bond acceptors (Lipinski definition) is 9. The minimum absolute atomic E-state index is 0.0123. The lowest BCUT2D eigenvalue weighted by atomic mass is 10.0. The fourth-order valence-electron chi connectivity index (χ4n) is 6.36. The number of ether oxygens (including phenoxy) is 2. The van der Waals surface area contributed by atoms with Gasteiger partial charge < -0.3 is 24.1 Å². The Morgan fingerprint density at radius 3 is 2.52 bits per heavy atom. The lowest BCUT2D eigenvalue weighted by molar-refractivity contribution is -0.117. The van der Waals surface area contributed by atoms with Gasteiger partial charge in [0.1, 0.15) is 23.4 Å². The predicted molar refractivity (Wildman–Crippen MR) is 178 cm³/mol. The smallest absolute Gasteiger partial charge is 0.262 e. The Balaban J connectivity index is 0.967. The molecule has 5 rings (SSSR count). The molecule has 0 bridgehead atoms. The first-order valence-electron chi connectivity index (χ1n) is 16.1. The van der Waals surface area contributed by atoms with E-state index in [9.17, 15) is 19.6 Å². The lowest BCUT2D eigenvalue weighted by Gasteiger charge is -2.43. The number of nitrogens with zero attached hydrogens (tertiary/aromatic N) is 5. The lowest BCUT2D eigenvalue weighted by Crippen LogP contribution is -2.55. The summed E-state index contributed by atoms with van der Waals surface area (Å²) in [5.74, 6) is 0.605. The van der Waals surface area contributed by atoms with E-state index in [4.69, 9.17) is 9.47 Å². The molecule has 2 fully saturated rings. The van der Waals surface area contributed by atoms with Gasteiger partial charge in [-0.3, -0.25) is 14.5 Å². The van der Waals surface area contributed by atoms with Gasteiger partial charge in [0.25, 0.3) is 11.8 Å². The highest BCUT2D eigenvalue weighted by atomic mass is 79.9. The van der Waals surface area contributed by atoms with Crippen LogP contribution >= 0.6 is 15.9 Å². The summed E-state index contributed by atoms with van der Waals surface area (Å²) >= 11 is 3.38. The van der Waals surface area contributed by atoms with E-state index in [1.54, 1.807) is 37.4 Å². The molecule has 2 saturated heterocycles. The first kappa shape index (κ1) is 33.8. The second-order valence-electron chi connectivity index (χ2n) is 12.5. The zero-order valence-electron chi connectivity index (χ0n) is 26.7. The highest BCUT2D eigenvalue weighted by Gasteiger charge is 2.40. The van der Waals surface area contributed by atoms with Crippen molar-refractivity contribution in [3.8, 4) is 11.8 Å². The summed E-state index contributed by atoms with van der Waals surface area (Å²) in [6.07, 6.45) is 7.92. The van der Waals surface area contributed by atoms with Crippen LogP contribution in [0.3, 0.4) is 0 Å². The van der Waals surface area contributed by atoms with Gasteiger partial charge in [0.2, 0.25) is 0 Å². The molecule has 4 heterocycles. The molecule has 1 aromatic heterocycles. The van der Waals surface area contributed by atoms with E-state index >= 15 is 0 Å². The van der Waals surface area contributed by atoms with Crippen LogP contribution in [0.1, 0.15) is 85.1 Å². The number of aromatic nitrogens is 1. The topological polar surface area (TPSA) is 116 Å². The van der Waals surface area contributed by atoms with Crippen molar-refractivity contribution in [1.82, 2.24) is 14.8 Å². The molecule has 1 aromatic carbocycles. The van der Waals surface area contributed by atoms with Crippen molar-refractivity contribution in [2.75, 3.05) is 44.2 Å². The molecule has 0 N–H and O–H groups in total. The number of ketones is 1. The van der Waals surface area contributed by atoms with E-state index in [0.717, 1.165) is 75.1 Å². The second-order valence-corrected chi connectivity index (χ2v) is 13.5.